The lowest BCUT2D eigenvalue weighted by Crippen LogP contribution is -2.12. The largest absolute Gasteiger partial charge is 0.494 e. The van der Waals surface area contributed by atoms with Gasteiger partial charge in [-0.15, -0.1) is 11.6 Å². The Kier molecular flexibility index (Phi) is 5.38. The third-order valence-corrected chi connectivity index (χ3v) is 4.67. The molecule has 0 aliphatic rings. The minimum absolute atomic E-state index is 0.228. The molecular formula is C15H20ClFN2OS. The van der Waals surface area contributed by atoms with Crippen molar-refractivity contribution in [3.8, 4) is 5.75 Å². The molecule has 0 spiro atoms. The number of aromatic nitrogens is 2. The van der Waals surface area contributed by atoms with Crippen molar-refractivity contribution in [1.29, 1.82) is 0 Å². The highest BCUT2D eigenvalue weighted by Gasteiger charge is 2.21. The Labute approximate surface area is 133 Å². The van der Waals surface area contributed by atoms with E-state index >= 15 is 0 Å². The molecule has 0 saturated heterocycles. The molecule has 1 heterocycles. The summed E-state index contributed by atoms with van der Waals surface area (Å²) in [4.78, 5) is 4.50. The first-order chi connectivity index (χ1) is 9.99. The molecule has 116 valence electrons. The number of ether oxygens (including phenoxy) is 1. The molecule has 1 aromatic heterocycles. The Balaban J connectivity index is 2.60. The Morgan fingerprint density at radius 3 is 2.71 bits per heavy atom. The molecule has 0 aliphatic heterocycles. The van der Waals surface area contributed by atoms with E-state index in [0.29, 0.717) is 5.52 Å². The van der Waals surface area contributed by atoms with Crippen LogP contribution in [0.15, 0.2) is 12.1 Å². The van der Waals surface area contributed by atoms with Crippen molar-refractivity contribution < 1.29 is 9.13 Å². The summed E-state index contributed by atoms with van der Waals surface area (Å²) < 4.78 is 21.0. The molecule has 2 unspecified atom stereocenters. The SMILES string of the molecule is CCSCC(C)n1c(C(C)Cl)nc2cc(F)c(OC)cc21. The van der Waals surface area contributed by atoms with Gasteiger partial charge in [-0.2, -0.15) is 11.8 Å². The summed E-state index contributed by atoms with van der Waals surface area (Å²) in [5, 5.41) is -0.236. The van der Waals surface area contributed by atoms with Gasteiger partial charge in [0.2, 0.25) is 0 Å². The summed E-state index contributed by atoms with van der Waals surface area (Å²) in [6, 6.07) is 3.34. The van der Waals surface area contributed by atoms with Gasteiger partial charge < -0.3 is 9.30 Å². The van der Waals surface area contributed by atoms with Crippen LogP contribution in [0.4, 0.5) is 4.39 Å². The van der Waals surface area contributed by atoms with Gasteiger partial charge in [0.05, 0.1) is 23.5 Å². The number of rotatable bonds is 6. The molecule has 2 rings (SSSR count). The number of methoxy groups -OCH3 is 1. The standard InChI is InChI=1S/C15H20ClFN2OS/c1-5-21-8-9(2)19-13-7-14(20-4)11(17)6-12(13)18-15(19)10(3)16/h6-7,9-10H,5,8H2,1-4H3. The molecular weight excluding hydrogens is 311 g/mol. The fraction of sp³-hybridized carbons (Fsp3) is 0.533. The molecule has 0 N–H and O–H groups in total. The normalized spacial score (nSPS) is 14.4. The summed E-state index contributed by atoms with van der Waals surface area (Å²) in [5.74, 6) is 2.61. The first kappa shape index (κ1) is 16.4. The smallest absolute Gasteiger partial charge is 0.167 e. The van der Waals surface area contributed by atoms with Crippen LogP contribution in [0.3, 0.4) is 0 Å². The number of fused-ring (bicyclic) bond motifs is 1. The van der Waals surface area contributed by atoms with E-state index in [9.17, 15) is 4.39 Å². The topological polar surface area (TPSA) is 27.1 Å². The van der Waals surface area contributed by atoms with Crippen molar-refractivity contribution in [2.45, 2.75) is 32.2 Å². The van der Waals surface area contributed by atoms with Crippen LogP contribution < -0.4 is 4.74 Å². The number of imidazole rings is 1. The first-order valence-corrected chi connectivity index (χ1v) is 8.55. The minimum atomic E-state index is -0.404. The highest BCUT2D eigenvalue weighted by molar-refractivity contribution is 7.99. The van der Waals surface area contributed by atoms with Crippen molar-refractivity contribution in [3.63, 3.8) is 0 Å². The van der Waals surface area contributed by atoms with Crippen molar-refractivity contribution in [2.75, 3.05) is 18.6 Å². The summed E-state index contributed by atoms with van der Waals surface area (Å²) in [7, 11) is 1.46. The van der Waals surface area contributed by atoms with Gasteiger partial charge in [0.25, 0.3) is 0 Å². The number of hydrogen-bond donors (Lipinski definition) is 0. The molecule has 3 nitrogen and oxygen atoms in total. The fourth-order valence-electron chi connectivity index (χ4n) is 2.38. The lowest BCUT2D eigenvalue weighted by molar-refractivity contribution is 0.387. The number of benzene rings is 1. The zero-order valence-electron chi connectivity index (χ0n) is 12.7. The molecule has 6 heteroatoms. The van der Waals surface area contributed by atoms with Crippen LogP contribution in [0.25, 0.3) is 11.0 Å². The fourth-order valence-corrected chi connectivity index (χ4v) is 3.26. The number of halogens is 2. The number of hydrogen-bond acceptors (Lipinski definition) is 3. The molecule has 0 saturated carbocycles. The molecule has 0 radical (unpaired) electrons. The molecule has 0 bridgehead atoms. The van der Waals surface area contributed by atoms with Gasteiger partial charge in [-0.1, -0.05) is 6.92 Å². The Hall–Kier alpha value is -0.940. The predicted molar refractivity (Wildman–Crippen MR) is 88.2 cm³/mol. The van der Waals surface area contributed by atoms with Crippen molar-refractivity contribution in [2.24, 2.45) is 0 Å². The minimum Gasteiger partial charge on any atom is -0.494 e. The third kappa shape index (κ3) is 3.29. The van der Waals surface area contributed by atoms with Crippen LogP contribution in [-0.2, 0) is 0 Å². The van der Waals surface area contributed by atoms with Crippen LogP contribution in [0.2, 0.25) is 0 Å². The Morgan fingerprint density at radius 1 is 1.43 bits per heavy atom. The predicted octanol–water partition coefficient (Wildman–Crippen LogP) is 4.80. The number of alkyl halides is 1. The first-order valence-electron chi connectivity index (χ1n) is 6.96. The second-order valence-electron chi connectivity index (χ2n) is 4.94. The average molecular weight is 331 g/mol. The van der Waals surface area contributed by atoms with Gasteiger partial charge in [-0.05, 0) is 19.6 Å². The van der Waals surface area contributed by atoms with Crippen LogP contribution in [0.1, 0.15) is 38.0 Å². The molecule has 0 amide bonds. The summed E-state index contributed by atoms with van der Waals surface area (Å²) in [5.41, 5.74) is 1.48. The van der Waals surface area contributed by atoms with Crippen molar-refractivity contribution in [3.05, 3.63) is 23.8 Å². The Morgan fingerprint density at radius 2 is 2.14 bits per heavy atom. The molecule has 0 fully saturated rings. The van der Waals surface area contributed by atoms with E-state index in [-0.39, 0.29) is 17.2 Å². The zero-order valence-corrected chi connectivity index (χ0v) is 14.3. The van der Waals surface area contributed by atoms with Crippen molar-refractivity contribution in [1.82, 2.24) is 9.55 Å². The van der Waals surface area contributed by atoms with Crippen molar-refractivity contribution >= 4 is 34.4 Å². The second-order valence-corrected chi connectivity index (χ2v) is 6.91. The van der Waals surface area contributed by atoms with E-state index in [1.807, 2.05) is 18.7 Å². The van der Waals surface area contributed by atoms with Crippen LogP contribution in [0.5, 0.6) is 5.75 Å². The summed E-state index contributed by atoms with van der Waals surface area (Å²) in [6.07, 6.45) is 0. The maximum Gasteiger partial charge on any atom is 0.167 e. The molecule has 1 aromatic carbocycles. The third-order valence-electron chi connectivity index (χ3n) is 3.35. The van der Waals surface area contributed by atoms with E-state index in [0.717, 1.165) is 22.8 Å². The van der Waals surface area contributed by atoms with Gasteiger partial charge in [0.15, 0.2) is 11.6 Å². The monoisotopic (exact) mass is 330 g/mol. The van der Waals surface area contributed by atoms with Gasteiger partial charge in [0, 0.05) is 23.9 Å². The average Bonchev–Trinajstić information content (AvgIpc) is 2.82. The highest BCUT2D eigenvalue weighted by Crippen LogP contribution is 2.32. The van der Waals surface area contributed by atoms with Crippen LogP contribution in [0, 0.1) is 5.82 Å². The van der Waals surface area contributed by atoms with Gasteiger partial charge in [-0.3, -0.25) is 0 Å². The van der Waals surface area contributed by atoms with E-state index in [1.165, 1.54) is 13.2 Å². The summed E-state index contributed by atoms with van der Waals surface area (Å²) >= 11 is 8.12. The highest BCUT2D eigenvalue weighted by atomic mass is 35.5. The Bertz CT molecular complexity index is 630. The van der Waals surface area contributed by atoms with E-state index < -0.39 is 5.82 Å². The van der Waals surface area contributed by atoms with Crippen LogP contribution >= 0.6 is 23.4 Å². The van der Waals surface area contributed by atoms with Gasteiger partial charge >= 0.3 is 0 Å². The molecule has 21 heavy (non-hydrogen) atoms. The van der Waals surface area contributed by atoms with E-state index in [1.54, 1.807) is 6.07 Å². The maximum atomic E-state index is 13.9. The maximum absolute atomic E-state index is 13.9. The van der Waals surface area contributed by atoms with E-state index in [2.05, 4.69) is 23.4 Å². The number of nitrogens with zero attached hydrogens (tertiary/aromatic N) is 2. The number of thioether (sulfide) groups is 1. The second kappa shape index (κ2) is 6.88. The lowest BCUT2D eigenvalue weighted by atomic mass is 10.2. The van der Waals surface area contributed by atoms with Gasteiger partial charge in [0.1, 0.15) is 5.82 Å². The quantitative estimate of drug-likeness (QED) is 0.712. The van der Waals surface area contributed by atoms with E-state index in [4.69, 9.17) is 16.3 Å². The van der Waals surface area contributed by atoms with Crippen LogP contribution in [-0.4, -0.2) is 28.2 Å². The lowest BCUT2D eigenvalue weighted by Gasteiger charge is -2.18. The molecule has 2 aromatic rings. The zero-order chi connectivity index (χ0) is 15.6. The molecule has 2 atom stereocenters. The summed E-state index contributed by atoms with van der Waals surface area (Å²) in [6.45, 7) is 6.14. The molecule has 0 aliphatic carbocycles. The van der Waals surface area contributed by atoms with Gasteiger partial charge in [-0.25, -0.2) is 9.37 Å².